The monoisotopic (exact) mass is 501 g/mol. The fourth-order valence-electron chi connectivity index (χ4n) is 4.00. The molecule has 3 aromatic carbocycles. The summed E-state index contributed by atoms with van der Waals surface area (Å²) in [5.74, 6) is -1.16. The van der Waals surface area contributed by atoms with Crippen LogP contribution in [0.3, 0.4) is 0 Å². The molecule has 1 atom stereocenters. The summed E-state index contributed by atoms with van der Waals surface area (Å²) >= 11 is 0. The van der Waals surface area contributed by atoms with Crippen molar-refractivity contribution in [2.75, 3.05) is 20.3 Å². The van der Waals surface area contributed by atoms with Crippen molar-refractivity contribution >= 4 is 11.9 Å². The van der Waals surface area contributed by atoms with Crippen LogP contribution in [0.15, 0.2) is 83.3 Å². The number of rotatable bonds is 11. The highest BCUT2D eigenvalue weighted by molar-refractivity contribution is 5.80. The number of oxazole rings is 1. The van der Waals surface area contributed by atoms with Crippen LogP contribution in [0.25, 0.3) is 22.6 Å². The Morgan fingerprint density at radius 3 is 2.24 bits per heavy atom. The van der Waals surface area contributed by atoms with Gasteiger partial charge in [-0.2, -0.15) is 0 Å². The van der Waals surface area contributed by atoms with E-state index in [-0.39, 0.29) is 24.7 Å². The van der Waals surface area contributed by atoms with Crippen molar-refractivity contribution in [2.24, 2.45) is 0 Å². The summed E-state index contributed by atoms with van der Waals surface area (Å²) in [6.45, 7) is 1.39. The summed E-state index contributed by atoms with van der Waals surface area (Å²) in [5.41, 5.74) is 2.90. The van der Waals surface area contributed by atoms with Crippen molar-refractivity contribution in [3.05, 3.63) is 90.3 Å². The number of carbonyl (C=O) groups excluding carboxylic acids is 1. The summed E-state index contributed by atoms with van der Waals surface area (Å²) in [5, 5.41) is 9.00. The standard InChI is InChI=1S/C29H27NO7/c1-3-35-29(33)22(17-21-15-10-16-23(26(21)34-2)36-18-24(31)32)28-30-25(19-11-6-4-7-12-19)27(37-28)20-13-8-5-9-14-20/h4-16,22H,3,17-18H2,1-2H3,(H,31,32). The SMILES string of the molecule is CCOC(=O)C(Cc1cccc(OCC(=O)O)c1OC)c1nc(-c2ccccc2)c(-c2ccccc2)o1. The molecule has 8 heteroatoms. The highest BCUT2D eigenvalue weighted by Crippen LogP contribution is 2.38. The first-order valence-corrected chi connectivity index (χ1v) is 11.8. The number of esters is 1. The summed E-state index contributed by atoms with van der Waals surface area (Å²) in [6, 6.07) is 24.3. The van der Waals surface area contributed by atoms with Crippen LogP contribution in [0.1, 0.15) is 24.3 Å². The summed E-state index contributed by atoms with van der Waals surface area (Å²) in [7, 11) is 1.46. The number of carboxylic acids is 1. The summed E-state index contributed by atoms with van der Waals surface area (Å²) in [4.78, 5) is 28.9. The lowest BCUT2D eigenvalue weighted by Crippen LogP contribution is -2.19. The minimum absolute atomic E-state index is 0.134. The Morgan fingerprint density at radius 1 is 0.946 bits per heavy atom. The van der Waals surface area contributed by atoms with Gasteiger partial charge in [-0.1, -0.05) is 72.8 Å². The quantitative estimate of drug-likeness (QED) is 0.273. The second-order valence-electron chi connectivity index (χ2n) is 8.10. The molecule has 8 nitrogen and oxygen atoms in total. The van der Waals surface area contributed by atoms with E-state index in [2.05, 4.69) is 0 Å². The largest absolute Gasteiger partial charge is 0.493 e. The van der Waals surface area contributed by atoms with Gasteiger partial charge in [-0.15, -0.1) is 0 Å². The van der Waals surface area contributed by atoms with Crippen LogP contribution in [0.4, 0.5) is 0 Å². The number of hydrogen-bond acceptors (Lipinski definition) is 7. The Balaban J connectivity index is 1.79. The van der Waals surface area contributed by atoms with Crippen LogP contribution in [0, 0.1) is 0 Å². The maximum atomic E-state index is 13.2. The van der Waals surface area contributed by atoms with Crippen molar-refractivity contribution in [1.82, 2.24) is 4.98 Å². The van der Waals surface area contributed by atoms with E-state index in [0.29, 0.717) is 22.8 Å². The predicted octanol–water partition coefficient (Wildman–Crippen LogP) is 5.37. The molecule has 1 unspecified atom stereocenters. The zero-order valence-corrected chi connectivity index (χ0v) is 20.5. The fraction of sp³-hybridized carbons (Fsp3) is 0.207. The van der Waals surface area contributed by atoms with Gasteiger partial charge in [0.25, 0.3) is 0 Å². The number of hydrogen-bond donors (Lipinski definition) is 1. The smallest absolute Gasteiger partial charge is 0.341 e. The minimum Gasteiger partial charge on any atom is -0.493 e. The van der Waals surface area contributed by atoms with Crippen LogP contribution >= 0.6 is 0 Å². The fourth-order valence-corrected chi connectivity index (χ4v) is 4.00. The first-order chi connectivity index (χ1) is 18.0. The van der Waals surface area contributed by atoms with E-state index in [9.17, 15) is 9.59 Å². The average molecular weight is 502 g/mol. The van der Waals surface area contributed by atoms with Crippen LogP contribution in [-0.4, -0.2) is 42.4 Å². The molecule has 1 N–H and O–H groups in total. The summed E-state index contributed by atoms with van der Waals surface area (Å²) in [6.07, 6.45) is 0.134. The van der Waals surface area contributed by atoms with Crippen molar-refractivity contribution in [1.29, 1.82) is 0 Å². The molecule has 0 saturated heterocycles. The summed E-state index contributed by atoms with van der Waals surface area (Å²) < 4.78 is 22.6. The first kappa shape index (κ1) is 25.5. The molecule has 0 aliphatic carbocycles. The van der Waals surface area contributed by atoms with Crippen LogP contribution in [0.5, 0.6) is 11.5 Å². The van der Waals surface area contributed by atoms with Gasteiger partial charge in [0.1, 0.15) is 11.6 Å². The number of ether oxygens (including phenoxy) is 3. The number of benzene rings is 3. The molecule has 0 saturated carbocycles. The highest BCUT2D eigenvalue weighted by atomic mass is 16.5. The molecule has 0 bridgehead atoms. The van der Waals surface area contributed by atoms with E-state index in [4.69, 9.17) is 28.7 Å². The van der Waals surface area contributed by atoms with Crippen LogP contribution in [0.2, 0.25) is 0 Å². The maximum absolute atomic E-state index is 13.2. The van der Waals surface area contributed by atoms with E-state index in [0.717, 1.165) is 11.1 Å². The van der Waals surface area contributed by atoms with Gasteiger partial charge >= 0.3 is 11.9 Å². The number of aromatic nitrogens is 1. The third kappa shape index (κ3) is 5.98. The molecule has 4 rings (SSSR count). The number of carboxylic acid groups (broad SMARTS) is 1. The average Bonchev–Trinajstić information content (AvgIpc) is 3.36. The Labute approximate surface area is 214 Å². The third-order valence-corrected chi connectivity index (χ3v) is 5.64. The van der Waals surface area contributed by atoms with E-state index in [1.54, 1.807) is 25.1 Å². The van der Waals surface area contributed by atoms with Crippen LogP contribution < -0.4 is 9.47 Å². The molecule has 0 fully saturated rings. The first-order valence-electron chi connectivity index (χ1n) is 11.8. The van der Waals surface area contributed by atoms with E-state index in [1.807, 2.05) is 60.7 Å². The number of methoxy groups -OCH3 is 1. The Hall–Kier alpha value is -4.59. The van der Waals surface area contributed by atoms with Crippen molar-refractivity contribution in [2.45, 2.75) is 19.3 Å². The number of aliphatic carboxylic acids is 1. The van der Waals surface area contributed by atoms with Crippen molar-refractivity contribution < 1.29 is 33.3 Å². The molecule has 0 aliphatic heterocycles. The van der Waals surface area contributed by atoms with Gasteiger partial charge in [0.05, 0.1) is 13.7 Å². The van der Waals surface area contributed by atoms with Gasteiger partial charge in [0.15, 0.2) is 23.9 Å². The molecule has 37 heavy (non-hydrogen) atoms. The minimum atomic E-state index is -1.11. The molecule has 0 radical (unpaired) electrons. The van der Waals surface area contributed by atoms with Gasteiger partial charge in [0.2, 0.25) is 5.89 Å². The lowest BCUT2D eigenvalue weighted by atomic mass is 9.98. The molecule has 190 valence electrons. The molecule has 0 aliphatic rings. The van der Waals surface area contributed by atoms with E-state index in [1.165, 1.54) is 7.11 Å². The Morgan fingerprint density at radius 2 is 1.62 bits per heavy atom. The van der Waals surface area contributed by atoms with Gasteiger partial charge in [-0.3, -0.25) is 4.79 Å². The second kappa shape index (κ2) is 11.9. The topological polar surface area (TPSA) is 108 Å². The molecule has 0 spiro atoms. The highest BCUT2D eigenvalue weighted by Gasteiger charge is 2.31. The lowest BCUT2D eigenvalue weighted by Gasteiger charge is -2.17. The Bertz CT molecular complexity index is 1290. The van der Waals surface area contributed by atoms with Crippen molar-refractivity contribution in [3.63, 3.8) is 0 Å². The zero-order chi connectivity index (χ0) is 26.2. The maximum Gasteiger partial charge on any atom is 0.341 e. The molecular formula is C29H27NO7. The second-order valence-corrected chi connectivity index (χ2v) is 8.10. The predicted molar refractivity (Wildman–Crippen MR) is 137 cm³/mol. The normalized spacial score (nSPS) is 11.5. The number of carbonyl (C=O) groups is 2. The third-order valence-electron chi connectivity index (χ3n) is 5.64. The lowest BCUT2D eigenvalue weighted by molar-refractivity contribution is -0.145. The van der Waals surface area contributed by atoms with Gasteiger partial charge < -0.3 is 23.7 Å². The molecule has 1 heterocycles. The molecule has 0 amide bonds. The van der Waals surface area contributed by atoms with Crippen LogP contribution in [-0.2, 0) is 20.7 Å². The number of para-hydroxylation sites is 1. The van der Waals surface area contributed by atoms with Gasteiger partial charge in [-0.25, -0.2) is 9.78 Å². The van der Waals surface area contributed by atoms with Gasteiger partial charge in [0, 0.05) is 11.1 Å². The van der Waals surface area contributed by atoms with Gasteiger partial charge in [-0.05, 0) is 25.0 Å². The Kier molecular flexibility index (Phi) is 8.20. The van der Waals surface area contributed by atoms with E-state index >= 15 is 0 Å². The number of nitrogens with zero attached hydrogens (tertiary/aromatic N) is 1. The molecule has 4 aromatic rings. The van der Waals surface area contributed by atoms with E-state index < -0.39 is 24.5 Å². The molecular weight excluding hydrogens is 474 g/mol. The molecule has 1 aromatic heterocycles. The zero-order valence-electron chi connectivity index (χ0n) is 20.5. The van der Waals surface area contributed by atoms with Crippen molar-refractivity contribution in [3.8, 4) is 34.1 Å².